The number of benzene rings is 1. The molecule has 0 bridgehead atoms. The second-order valence-electron chi connectivity index (χ2n) is 5.17. The van der Waals surface area contributed by atoms with Crippen LogP contribution in [0.2, 0.25) is 0 Å². The van der Waals surface area contributed by atoms with Crippen LogP contribution in [0.3, 0.4) is 0 Å². The maximum Gasteiger partial charge on any atom is 0.127 e. The molecule has 100 valence electrons. The molecule has 1 saturated heterocycles. The zero-order valence-electron chi connectivity index (χ0n) is 11.2. The summed E-state index contributed by atoms with van der Waals surface area (Å²) in [4.78, 5) is 2.53. The Bertz CT molecular complexity index is 361. The summed E-state index contributed by atoms with van der Waals surface area (Å²) in [6, 6.07) is 7.51. The van der Waals surface area contributed by atoms with Gasteiger partial charge in [-0.3, -0.25) is 4.90 Å². The molecule has 0 aliphatic carbocycles. The number of halogens is 1. The fraction of sp³-hybridized carbons (Fsp3) is 0.600. The number of rotatable bonds is 5. The maximum atomic E-state index is 13.4. The van der Waals surface area contributed by atoms with Crippen LogP contribution in [0.15, 0.2) is 24.3 Å². The van der Waals surface area contributed by atoms with E-state index in [9.17, 15) is 4.39 Å². The van der Waals surface area contributed by atoms with Gasteiger partial charge in [-0.2, -0.15) is 0 Å². The topological polar surface area (TPSA) is 15.3 Å². The molecule has 1 unspecified atom stereocenters. The SMILES string of the molecule is CC(CNCc1ccccc1F)N1CCCCC1. The van der Waals surface area contributed by atoms with Crippen LogP contribution in [0.5, 0.6) is 0 Å². The van der Waals surface area contributed by atoms with E-state index in [4.69, 9.17) is 0 Å². The Morgan fingerprint density at radius 1 is 1.22 bits per heavy atom. The molecule has 0 saturated carbocycles. The van der Waals surface area contributed by atoms with Crippen LogP contribution in [0, 0.1) is 5.82 Å². The Kier molecular flexibility index (Phi) is 5.14. The molecule has 3 heteroatoms. The van der Waals surface area contributed by atoms with Crippen LogP contribution >= 0.6 is 0 Å². The molecule has 2 rings (SSSR count). The van der Waals surface area contributed by atoms with Crippen molar-refractivity contribution < 1.29 is 4.39 Å². The summed E-state index contributed by atoms with van der Waals surface area (Å²) in [6.07, 6.45) is 4.00. The van der Waals surface area contributed by atoms with E-state index in [0.717, 1.165) is 12.1 Å². The summed E-state index contributed by atoms with van der Waals surface area (Å²) < 4.78 is 13.4. The number of hydrogen-bond donors (Lipinski definition) is 1. The molecule has 1 aliphatic rings. The van der Waals surface area contributed by atoms with Crippen molar-refractivity contribution in [3.8, 4) is 0 Å². The monoisotopic (exact) mass is 250 g/mol. The Labute approximate surface area is 109 Å². The zero-order chi connectivity index (χ0) is 12.8. The molecule has 0 aromatic heterocycles. The average Bonchev–Trinajstić information content (AvgIpc) is 2.42. The van der Waals surface area contributed by atoms with Gasteiger partial charge in [0, 0.05) is 24.7 Å². The van der Waals surface area contributed by atoms with Gasteiger partial charge >= 0.3 is 0 Å². The molecule has 1 aromatic rings. The smallest absolute Gasteiger partial charge is 0.127 e. The third-order valence-corrected chi connectivity index (χ3v) is 3.73. The van der Waals surface area contributed by atoms with Gasteiger partial charge in [0.15, 0.2) is 0 Å². The first-order valence-electron chi connectivity index (χ1n) is 6.95. The first-order valence-corrected chi connectivity index (χ1v) is 6.95. The highest BCUT2D eigenvalue weighted by atomic mass is 19.1. The van der Waals surface area contributed by atoms with Crippen LogP contribution in [0.1, 0.15) is 31.7 Å². The lowest BCUT2D eigenvalue weighted by Gasteiger charge is -2.32. The normalized spacial score (nSPS) is 18.8. The van der Waals surface area contributed by atoms with Crippen molar-refractivity contribution >= 4 is 0 Å². The van der Waals surface area contributed by atoms with Crippen molar-refractivity contribution in [3.05, 3.63) is 35.6 Å². The molecule has 18 heavy (non-hydrogen) atoms. The molecule has 0 spiro atoms. The average molecular weight is 250 g/mol. The van der Waals surface area contributed by atoms with Crippen molar-refractivity contribution in [1.29, 1.82) is 0 Å². The van der Waals surface area contributed by atoms with Crippen molar-refractivity contribution in [1.82, 2.24) is 10.2 Å². The summed E-state index contributed by atoms with van der Waals surface area (Å²) in [7, 11) is 0. The van der Waals surface area contributed by atoms with E-state index < -0.39 is 0 Å². The largest absolute Gasteiger partial charge is 0.311 e. The van der Waals surface area contributed by atoms with E-state index in [1.165, 1.54) is 38.4 Å². The van der Waals surface area contributed by atoms with Crippen LogP contribution in [0.4, 0.5) is 4.39 Å². The van der Waals surface area contributed by atoms with Gasteiger partial charge in [-0.05, 0) is 38.9 Å². The molecule has 1 atom stereocenters. The lowest BCUT2D eigenvalue weighted by Crippen LogP contribution is -2.43. The zero-order valence-corrected chi connectivity index (χ0v) is 11.2. The highest BCUT2D eigenvalue weighted by Gasteiger charge is 2.15. The summed E-state index contributed by atoms with van der Waals surface area (Å²) in [5, 5.41) is 3.36. The van der Waals surface area contributed by atoms with E-state index in [1.54, 1.807) is 6.07 Å². The third kappa shape index (κ3) is 3.79. The standard InChI is InChI=1S/C15H23FN2/c1-13(18-9-5-2-6-10-18)11-17-12-14-7-3-4-8-15(14)16/h3-4,7-8,13,17H,2,5-6,9-12H2,1H3. The summed E-state index contributed by atoms with van der Waals surface area (Å²) in [5.41, 5.74) is 0.753. The van der Waals surface area contributed by atoms with Gasteiger partial charge in [0.2, 0.25) is 0 Å². The van der Waals surface area contributed by atoms with Crippen LogP contribution in [-0.4, -0.2) is 30.6 Å². The maximum absolute atomic E-state index is 13.4. The first kappa shape index (κ1) is 13.5. The van der Waals surface area contributed by atoms with Gasteiger partial charge in [-0.15, -0.1) is 0 Å². The predicted molar refractivity (Wildman–Crippen MR) is 73.0 cm³/mol. The highest BCUT2D eigenvalue weighted by Crippen LogP contribution is 2.12. The summed E-state index contributed by atoms with van der Waals surface area (Å²) in [5.74, 6) is -0.115. The molecule has 2 nitrogen and oxygen atoms in total. The number of piperidine rings is 1. The lowest BCUT2D eigenvalue weighted by atomic mass is 10.1. The number of nitrogens with one attached hydrogen (secondary N) is 1. The van der Waals surface area contributed by atoms with Crippen molar-refractivity contribution in [2.24, 2.45) is 0 Å². The van der Waals surface area contributed by atoms with Gasteiger partial charge in [-0.1, -0.05) is 24.6 Å². The van der Waals surface area contributed by atoms with Crippen molar-refractivity contribution in [2.45, 2.75) is 38.8 Å². The molecule has 1 aromatic carbocycles. The summed E-state index contributed by atoms with van der Waals surface area (Å²) in [6.45, 7) is 6.21. The minimum atomic E-state index is -0.115. The lowest BCUT2D eigenvalue weighted by molar-refractivity contribution is 0.170. The van der Waals surface area contributed by atoms with Gasteiger partial charge in [0.05, 0.1) is 0 Å². The Morgan fingerprint density at radius 2 is 1.94 bits per heavy atom. The third-order valence-electron chi connectivity index (χ3n) is 3.73. The molecule has 1 aliphatic heterocycles. The van der Waals surface area contributed by atoms with E-state index in [-0.39, 0.29) is 5.82 Å². The summed E-state index contributed by atoms with van der Waals surface area (Å²) >= 11 is 0. The molecule has 0 amide bonds. The fourth-order valence-electron chi connectivity index (χ4n) is 2.55. The molecule has 0 radical (unpaired) electrons. The van der Waals surface area contributed by atoms with E-state index in [1.807, 2.05) is 12.1 Å². The van der Waals surface area contributed by atoms with Gasteiger partial charge in [0.25, 0.3) is 0 Å². The molecular formula is C15H23FN2. The highest BCUT2D eigenvalue weighted by molar-refractivity contribution is 5.16. The van der Waals surface area contributed by atoms with Gasteiger partial charge < -0.3 is 5.32 Å². The Balaban J connectivity index is 1.73. The number of likely N-dealkylation sites (tertiary alicyclic amines) is 1. The predicted octanol–water partition coefficient (Wildman–Crippen LogP) is 2.79. The molecular weight excluding hydrogens is 227 g/mol. The van der Waals surface area contributed by atoms with Gasteiger partial charge in [0.1, 0.15) is 5.82 Å². The van der Waals surface area contributed by atoms with Crippen LogP contribution in [-0.2, 0) is 6.54 Å². The first-order chi connectivity index (χ1) is 8.77. The van der Waals surface area contributed by atoms with E-state index in [0.29, 0.717) is 12.6 Å². The minimum absolute atomic E-state index is 0.115. The number of hydrogen-bond acceptors (Lipinski definition) is 2. The van der Waals surface area contributed by atoms with Crippen LogP contribution < -0.4 is 5.32 Å². The molecule has 1 heterocycles. The molecule has 1 N–H and O–H groups in total. The van der Waals surface area contributed by atoms with Crippen molar-refractivity contribution in [3.63, 3.8) is 0 Å². The van der Waals surface area contributed by atoms with E-state index in [2.05, 4.69) is 17.1 Å². The van der Waals surface area contributed by atoms with E-state index >= 15 is 0 Å². The second kappa shape index (κ2) is 6.86. The molecule has 1 fully saturated rings. The Hall–Kier alpha value is -0.930. The minimum Gasteiger partial charge on any atom is -0.311 e. The second-order valence-corrected chi connectivity index (χ2v) is 5.17. The van der Waals surface area contributed by atoms with Crippen LogP contribution in [0.25, 0.3) is 0 Å². The quantitative estimate of drug-likeness (QED) is 0.864. The van der Waals surface area contributed by atoms with Gasteiger partial charge in [-0.25, -0.2) is 4.39 Å². The fourth-order valence-corrected chi connectivity index (χ4v) is 2.55. The number of nitrogens with zero attached hydrogens (tertiary/aromatic N) is 1. The Morgan fingerprint density at radius 3 is 2.67 bits per heavy atom. The van der Waals surface area contributed by atoms with Crippen molar-refractivity contribution in [2.75, 3.05) is 19.6 Å².